The molecule has 0 bridgehead atoms. The fourth-order valence-corrected chi connectivity index (χ4v) is 1.63. The summed E-state index contributed by atoms with van der Waals surface area (Å²) in [5.41, 5.74) is 1.80. The third-order valence-electron chi connectivity index (χ3n) is 2.51. The van der Waals surface area contributed by atoms with Crippen LogP contribution in [0.1, 0.15) is 12.5 Å². The van der Waals surface area contributed by atoms with Crippen molar-refractivity contribution in [1.82, 2.24) is 4.90 Å². The van der Waals surface area contributed by atoms with E-state index in [1.807, 2.05) is 37.2 Å². The molecule has 5 heteroatoms. The largest absolute Gasteiger partial charge is 0.495 e. The number of anilines is 1. The van der Waals surface area contributed by atoms with E-state index in [2.05, 4.69) is 5.32 Å². The number of nitrogens with zero attached hydrogens (tertiary/aromatic N) is 1. The summed E-state index contributed by atoms with van der Waals surface area (Å²) in [6.07, 6.45) is 0. The van der Waals surface area contributed by atoms with Gasteiger partial charge < -0.3 is 20.1 Å². The van der Waals surface area contributed by atoms with Gasteiger partial charge in [-0.15, -0.1) is 0 Å². The molecule has 0 aliphatic carbocycles. The first-order valence-electron chi connectivity index (χ1n) is 5.75. The van der Waals surface area contributed by atoms with E-state index in [0.29, 0.717) is 11.4 Å². The molecule has 0 aromatic heterocycles. The minimum absolute atomic E-state index is 0.644. The molecule has 2 N–H and O–H groups in total. The quantitative estimate of drug-likeness (QED) is 0.806. The summed E-state index contributed by atoms with van der Waals surface area (Å²) in [5, 5.41) is 11.8. The normalized spacial score (nSPS) is 12.3. The summed E-state index contributed by atoms with van der Waals surface area (Å²) in [4.78, 5) is 12.9. The minimum Gasteiger partial charge on any atom is -0.495 e. The van der Waals surface area contributed by atoms with Crippen molar-refractivity contribution in [2.75, 3.05) is 26.5 Å². The molecular formula is C13H20N2O3. The highest BCUT2D eigenvalue weighted by Crippen LogP contribution is 2.26. The van der Waals surface area contributed by atoms with Gasteiger partial charge in [0.1, 0.15) is 11.8 Å². The maximum Gasteiger partial charge on any atom is 0.325 e. The second-order valence-corrected chi connectivity index (χ2v) is 4.48. The molecular weight excluding hydrogens is 232 g/mol. The van der Waals surface area contributed by atoms with Crippen LogP contribution in [0.2, 0.25) is 0 Å². The summed E-state index contributed by atoms with van der Waals surface area (Å²) < 4.78 is 5.22. The highest BCUT2D eigenvalue weighted by Gasteiger charge is 2.13. The molecule has 1 atom stereocenters. The molecule has 1 unspecified atom stereocenters. The van der Waals surface area contributed by atoms with Crippen molar-refractivity contribution >= 4 is 11.7 Å². The van der Waals surface area contributed by atoms with E-state index in [1.165, 1.54) is 0 Å². The number of carbonyl (C=O) groups is 1. The second kappa shape index (κ2) is 6.26. The highest BCUT2D eigenvalue weighted by molar-refractivity contribution is 5.77. The lowest BCUT2D eigenvalue weighted by atomic mass is 10.1. The third-order valence-corrected chi connectivity index (χ3v) is 2.51. The van der Waals surface area contributed by atoms with E-state index in [-0.39, 0.29) is 0 Å². The van der Waals surface area contributed by atoms with Gasteiger partial charge in [0, 0.05) is 6.54 Å². The molecule has 18 heavy (non-hydrogen) atoms. The van der Waals surface area contributed by atoms with Crippen LogP contribution in [-0.4, -0.2) is 43.2 Å². The third kappa shape index (κ3) is 3.92. The molecule has 0 aliphatic rings. The zero-order chi connectivity index (χ0) is 13.7. The van der Waals surface area contributed by atoms with Crippen LogP contribution in [0.4, 0.5) is 5.69 Å². The van der Waals surface area contributed by atoms with Crippen LogP contribution in [0.15, 0.2) is 18.2 Å². The van der Waals surface area contributed by atoms with E-state index in [9.17, 15) is 4.79 Å². The maximum atomic E-state index is 10.9. The molecule has 5 nitrogen and oxygen atoms in total. The number of hydrogen-bond acceptors (Lipinski definition) is 4. The molecule has 1 rings (SSSR count). The van der Waals surface area contributed by atoms with Crippen LogP contribution in [-0.2, 0) is 11.3 Å². The predicted molar refractivity (Wildman–Crippen MR) is 71.1 cm³/mol. The van der Waals surface area contributed by atoms with Crippen molar-refractivity contribution in [3.8, 4) is 5.75 Å². The van der Waals surface area contributed by atoms with Crippen LogP contribution >= 0.6 is 0 Å². The van der Waals surface area contributed by atoms with Crippen molar-refractivity contribution < 1.29 is 14.6 Å². The number of methoxy groups -OCH3 is 1. The number of nitrogens with one attached hydrogen (secondary N) is 1. The zero-order valence-electron chi connectivity index (χ0n) is 11.2. The van der Waals surface area contributed by atoms with E-state index in [0.717, 1.165) is 12.1 Å². The van der Waals surface area contributed by atoms with Gasteiger partial charge in [-0.25, -0.2) is 0 Å². The zero-order valence-corrected chi connectivity index (χ0v) is 11.2. The molecule has 1 aromatic carbocycles. The van der Waals surface area contributed by atoms with Crippen molar-refractivity contribution in [3.05, 3.63) is 23.8 Å². The Morgan fingerprint density at radius 2 is 2.17 bits per heavy atom. The van der Waals surface area contributed by atoms with Gasteiger partial charge in [-0.1, -0.05) is 6.07 Å². The van der Waals surface area contributed by atoms with Crippen LogP contribution < -0.4 is 10.1 Å². The average Bonchev–Trinajstić information content (AvgIpc) is 2.28. The van der Waals surface area contributed by atoms with Gasteiger partial charge in [-0.05, 0) is 38.7 Å². The average molecular weight is 252 g/mol. The number of rotatable bonds is 6. The summed E-state index contributed by atoms with van der Waals surface area (Å²) in [7, 11) is 5.53. The fourth-order valence-electron chi connectivity index (χ4n) is 1.63. The molecule has 0 spiro atoms. The number of benzene rings is 1. The number of hydrogen-bond donors (Lipinski definition) is 2. The molecule has 0 heterocycles. The van der Waals surface area contributed by atoms with E-state index in [1.54, 1.807) is 14.0 Å². The summed E-state index contributed by atoms with van der Waals surface area (Å²) in [5.74, 6) is -0.249. The number of carboxylic acids is 1. The Labute approximate surface area is 107 Å². The highest BCUT2D eigenvalue weighted by atomic mass is 16.5. The van der Waals surface area contributed by atoms with E-state index in [4.69, 9.17) is 9.84 Å². The van der Waals surface area contributed by atoms with Gasteiger partial charge in [0.05, 0.1) is 12.8 Å². The van der Waals surface area contributed by atoms with Gasteiger partial charge >= 0.3 is 5.97 Å². The lowest BCUT2D eigenvalue weighted by Crippen LogP contribution is -2.25. The van der Waals surface area contributed by atoms with Crippen molar-refractivity contribution in [2.24, 2.45) is 0 Å². The monoisotopic (exact) mass is 252 g/mol. The first-order valence-corrected chi connectivity index (χ1v) is 5.75. The lowest BCUT2D eigenvalue weighted by Gasteiger charge is -2.17. The number of aliphatic carboxylic acids is 1. The Kier molecular flexibility index (Phi) is 4.97. The Balaban J connectivity index is 2.94. The molecule has 100 valence electrons. The first kappa shape index (κ1) is 14.3. The van der Waals surface area contributed by atoms with Gasteiger partial charge in [0.15, 0.2) is 0 Å². The van der Waals surface area contributed by atoms with Gasteiger partial charge in [-0.2, -0.15) is 0 Å². The van der Waals surface area contributed by atoms with Crippen molar-refractivity contribution in [1.29, 1.82) is 0 Å². The molecule has 0 fully saturated rings. The molecule has 0 saturated carbocycles. The molecule has 0 saturated heterocycles. The Hall–Kier alpha value is -1.75. The summed E-state index contributed by atoms with van der Waals surface area (Å²) in [6.45, 7) is 2.39. The Bertz CT molecular complexity index is 419. The number of ether oxygens (including phenoxy) is 1. The summed E-state index contributed by atoms with van der Waals surface area (Å²) >= 11 is 0. The Morgan fingerprint density at radius 1 is 1.50 bits per heavy atom. The first-order chi connectivity index (χ1) is 8.43. The van der Waals surface area contributed by atoms with Crippen molar-refractivity contribution in [3.63, 3.8) is 0 Å². The topological polar surface area (TPSA) is 61.8 Å². The smallest absolute Gasteiger partial charge is 0.325 e. The second-order valence-electron chi connectivity index (χ2n) is 4.48. The van der Waals surface area contributed by atoms with Crippen LogP contribution in [0.5, 0.6) is 5.75 Å². The van der Waals surface area contributed by atoms with Crippen molar-refractivity contribution in [2.45, 2.75) is 19.5 Å². The Morgan fingerprint density at radius 3 is 2.67 bits per heavy atom. The molecule has 1 aromatic rings. The maximum absolute atomic E-state index is 10.9. The van der Waals surface area contributed by atoms with E-state index >= 15 is 0 Å². The summed E-state index contributed by atoms with van der Waals surface area (Å²) in [6, 6.07) is 5.07. The van der Waals surface area contributed by atoms with Crippen LogP contribution in [0, 0.1) is 0 Å². The van der Waals surface area contributed by atoms with Gasteiger partial charge in [0.25, 0.3) is 0 Å². The van der Waals surface area contributed by atoms with E-state index < -0.39 is 12.0 Å². The fraction of sp³-hybridized carbons (Fsp3) is 0.462. The van der Waals surface area contributed by atoms with Gasteiger partial charge in [-0.3, -0.25) is 4.79 Å². The minimum atomic E-state index is -0.893. The standard InChI is InChI=1S/C13H20N2O3/c1-9(13(16)17)14-11-7-10(8-15(2)3)5-6-12(11)18-4/h5-7,9,14H,8H2,1-4H3,(H,16,17). The number of carboxylic acid groups (broad SMARTS) is 1. The van der Waals surface area contributed by atoms with Crippen LogP contribution in [0.25, 0.3) is 0 Å². The molecule has 0 radical (unpaired) electrons. The van der Waals surface area contributed by atoms with Crippen LogP contribution in [0.3, 0.4) is 0 Å². The predicted octanol–water partition coefficient (Wildman–Crippen LogP) is 1.64. The molecule has 0 aliphatic heterocycles. The molecule has 0 amide bonds. The SMILES string of the molecule is COc1ccc(CN(C)C)cc1NC(C)C(=O)O. The lowest BCUT2D eigenvalue weighted by molar-refractivity contribution is -0.137. The van der Waals surface area contributed by atoms with Gasteiger partial charge in [0.2, 0.25) is 0 Å².